The number of methoxy groups -OCH3 is 2. The molecule has 2 amide bonds. The van der Waals surface area contributed by atoms with E-state index in [1.54, 1.807) is 55.8 Å². The van der Waals surface area contributed by atoms with E-state index in [9.17, 15) is 22.2 Å². The normalized spacial score (nSPS) is 15.0. The maximum absolute atomic E-state index is 13.6. The van der Waals surface area contributed by atoms with Crippen LogP contribution in [0, 0.1) is 11.8 Å². The number of nitrogens with zero attached hydrogens (tertiary/aromatic N) is 2. The van der Waals surface area contributed by atoms with Gasteiger partial charge in [-0.25, -0.2) is 4.79 Å². The number of hydrogen-bond acceptors (Lipinski definition) is 6. The number of hydrogen-bond donors (Lipinski definition) is 3. The zero-order valence-corrected chi connectivity index (χ0v) is 25.2. The van der Waals surface area contributed by atoms with Crippen LogP contribution < -0.4 is 20.7 Å². The lowest BCUT2D eigenvalue weighted by Gasteiger charge is -2.32. The van der Waals surface area contributed by atoms with Crippen LogP contribution in [0.4, 0.5) is 29.3 Å². The molecule has 0 saturated carbocycles. The predicted molar refractivity (Wildman–Crippen MR) is 162 cm³/mol. The van der Waals surface area contributed by atoms with Crippen LogP contribution in [0.1, 0.15) is 18.5 Å². The van der Waals surface area contributed by atoms with Gasteiger partial charge in [0.2, 0.25) is 0 Å². The Bertz CT molecular complexity index is 1510. The first kappa shape index (κ1) is 32.2. The lowest BCUT2D eigenvalue weighted by atomic mass is 10.1. The fraction of sp³-hybridized carbons (Fsp3) is 0.433. The number of piperidine rings is 1. The number of alkyl halides is 3. The van der Waals surface area contributed by atoms with Crippen molar-refractivity contribution in [2.24, 2.45) is 0 Å². The van der Waals surface area contributed by atoms with Gasteiger partial charge >= 0.3 is 12.2 Å². The average Bonchev–Trinajstić information content (AvgIpc) is 3.31. The van der Waals surface area contributed by atoms with Crippen LogP contribution in [0.5, 0.6) is 5.75 Å². The highest BCUT2D eigenvalue weighted by Crippen LogP contribution is 2.30. The van der Waals surface area contributed by atoms with Crippen molar-refractivity contribution in [3.05, 3.63) is 48.2 Å². The van der Waals surface area contributed by atoms with Gasteiger partial charge < -0.3 is 34.9 Å². The van der Waals surface area contributed by atoms with E-state index in [1.165, 1.54) is 7.11 Å². The van der Waals surface area contributed by atoms with Crippen molar-refractivity contribution in [2.45, 2.75) is 36.5 Å². The van der Waals surface area contributed by atoms with Crippen LogP contribution >= 0.6 is 0 Å². The molecule has 0 spiro atoms. The van der Waals surface area contributed by atoms with Crippen molar-refractivity contribution < 1.29 is 31.6 Å². The van der Waals surface area contributed by atoms with Crippen molar-refractivity contribution in [1.82, 2.24) is 14.8 Å². The van der Waals surface area contributed by atoms with Crippen molar-refractivity contribution in [2.75, 3.05) is 63.9 Å². The van der Waals surface area contributed by atoms with Gasteiger partial charge in [0, 0.05) is 60.1 Å². The van der Waals surface area contributed by atoms with Gasteiger partial charge in [-0.2, -0.15) is 13.2 Å². The third kappa shape index (κ3) is 8.89. The van der Waals surface area contributed by atoms with E-state index in [4.69, 9.17) is 9.47 Å². The number of carbonyl (C=O) groups is 1. The van der Waals surface area contributed by atoms with Gasteiger partial charge in [0.05, 0.1) is 42.8 Å². The van der Waals surface area contributed by atoms with Gasteiger partial charge in [0.15, 0.2) is 0 Å². The van der Waals surface area contributed by atoms with Crippen LogP contribution in [0.25, 0.3) is 10.9 Å². The summed E-state index contributed by atoms with van der Waals surface area (Å²) in [6.45, 7) is 2.09. The number of rotatable bonds is 10. The number of halogens is 3. The summed E-state index contributed by atoms with van der Waals surface area (Å²) >= 11 is 0. The SMILES string of the molecule is COCCN1CCC(NC(=O)Nc2cccc3c2cc(C#CCNc2ccc(S(C)=O)cc2OC)n3CC(F)(F)F)CC1. The van der Waals surface area contributed by atoms with E-state index < -0.39 is 29.6 Å². The molecule has 2 heterocycles. The topological polar surface area (TPSA) is 96.9 Å². The standard InChI is InChI=1S/C30H36F3N5O4S/c1-41-17-16-37-14-11-21(12-15-37)35-29(39)36-25-7-4-8-27-24(25)18-22(38(27)20-30(31,32)33)6-5-13-34-26-10-9-23(43(3)40)19-28(26)42-2/h4,7-10,18-19,21,34H,11-17,20H2,1-3H3,(H2,35,36,39). The largest absolute Gasteiger partial charge is 0.495 e. The van der Waals surface area contributed by atoms with Crippen molar-refractivity contribution in [3.8, 4) is 17.6 Å². The Morgan fingerprint density at radius 2 is 1.88 bits per heavy atom. The Morgan fingerprint density at radius 1 is 1.12 bits per heavy atom. The third-order valence-electron chi connectivity index (χ3n) is 7.15. The minimum Gasteiger partial charge on any atom is -0.495 e. The van der Waals surface area contributed by atoms with Crippen molar-refractivity contribution >= 4 is 39.1 Å². The molecule has 0 radical (unpaired) electrons. The fourth-order valence-corrected chi connectivity index (χ4v) is 5.52. The van der Waals surface area contributed by atoms with Crippen LogP contribution in [-0.4, -0.2) is 85.2 Å². The maximum Gasteiger partial charge on any atom is 0.406 e. The Morgan fingerprint density at radius 3 is 2.56 bits per heavy atom. The number of urea groups is 1. The quantitative estimate of drug-likeness (QED) is 0.286. The number of anilines is 2. The number of likely N-dealkylation sites (tertiary alicyclic amines) is 1. The predicted octanol–water partition coefficient (Wildman–Crippen LogP) is 4.65. The molecule has 3 N–H and O–H groups in total. The Kier molecular flexibility index (Phi) is 11.0. The first-order chi connectivity index (χ1) is 20.6. The second-order valence-electron chi connectivity index (χ2n) is 10.1. The summed E-state index contributed by atoms with van der Waals surface area (Å²) in [6.07, 6.45) is -1.32. The van der Waals surface area contributed by atoms with Gasteiger partial charge in [0.1, 0.15) is 12.3 Å². The van der Waals surface area contributed by atoms with E-state index in [0.717, 1.165) is 37.0 Å². The number of benzene rings is 2. The molecule has 232 valence electrons. The maximum atomic E-state index is 13.6. The molecular formula is C30H36F3N5O4S. The summed E-state index contributed by atoms with van der Waals surface area (Å²) in [5.74, 6) is 6.20. The minimum atomic E-state index is -4.48. The highest BCUT2D eigenvalue weighted by molar-refractivity contribution is 7.84. The molecule has 13 heteroatoms. The molecule has 1 aliphatic heterocycles. The summed E-state index contributed by atoms with van der Waals surface area (Å²) in [5.41, 5.74) is 1.48. The monoisotopic (exact) mass is 619 g/mol. The molecule has 1 saturated heterocycles. The molecule has 1 aromatic heterocycles. The Labute approximate surface area is 251 Å². The summed E-state index contributed by atoms with van der Waals surface area (Å²) in [4.78, 5) is 15.7. The first-order valence-corrected chi connectivity index (χ1v) is 15.4. The Hall–Kier alpha value is -3.73. The van der Waals surface area contributed by atoms with Crippen molar-refractivity contribution in [1.29, 1.82) is 0 Å². The summed E-state index contributed by atoms with van der Waals surface area (Å²) in [5, 5.41) is 9.35. The molecule has 1 unspecified atom stereocenters. The third-order valence-corrected chi connectivity index (χ3v) is 8.07. The molecule has 4 rings (SSSR count). The zero-order chi connectivity index (χ0) is 31.0. The van der Waals surface area contributed by atoms with Crippen molar-refractivity contribution in [3.63, 3.8) is 0 Å². The number of fused-ring (bicyclic) bond motifs is 1. The lowest BCUT2D eigenvalue weighted by molar-refractivity contribution is -0.140. The van der Waals surface area contributed by atoms with Crippen LogP contribution in [0.2, 0.25) is 0 Å². The van der Waals surface area contributed by atoms with E-state index in [2.05, 4.69) is 32.7 Å². The number of ether oxygens (including phenoxy) is 2. The molecule has 2 aromatic carbocycles. The fourth-order valence-electron chi connectivity index (χ4n) is 4.98. The molecule has 1 aliphatic rings. The van der Waals surface area contributed by atoms with E-state index in [1.807, 2.05) is 0 Å². The smallest absolute Gasteiger partial charge is 0.406 e. The second-order valence-corrected chi connectivity index (χ2v) is 11.5. The molecule has 9 nitrogen and oxygen atoms in total. The molecule has 1 atom stereocenters. The van der Waals surface area contributed by atoms with Crippen LogP contribution in [-0.2, 0) is 22.1 Å². The van der Waals surface area contributed by atoms with Gasteiger partial charge in [-0.3, -0.25) is 4.21 Å². The molecule has 0 aliphatic carbocycles. The number of amides is 2. The van der Waals surface area contributed by atoms with Gasteiger partial charge in [-0.05, 0) is 55.2 Å². The van der Waals surface area contributed by atoms with Gasteiger partial charge in [0.25, 0.3) is 0 Å². The zero-order valence-electron chi connectivity index (χ0n) is 24.3. The highest BCUT2D eigenvalue weighted by Gasteiger charge is 2.30. The number of aromatic nitrogens is 1. The second kappa shape index (κ2) is 14.6. The molecule has 0 bridgehead atoms. The van der Waals surface area contributed by atoms with Gasteiger partial charge in [-0.15, -0.1) is 0 Å². The minimum absolute atomic E-state index is 0.000650. The lowest BCUT2D eigenvalue weighted by Crippen LogP contribution is -2.46. The molecule has 1 fully saturated rings. The first-order valence-electron chi connectivity index (χ1n) is 13.8. The average molecular weight is 620 g/mol. The van der Waals surface area contributed by atoms with Crippen LogP contribution in [0.15, 0.2) is 47.4 Å². The molecule has 43 heavy (non-hydrogen) atoms. The van der Waals surface area contributed by atoms with E-state index >= 15 is 0 Å². The number of carbonyl (C=O) groups excluding carboxylic acids is 1. The van der Waals surface area contributed by atoms with E-state index in [-0.39, 0.29) is 18.3 Å². The summed E-state index contributed by atoms with van der Waals surface area (Å²) < 4.78 is 64.1. The number of nitrogens with one attached hydrogen (secondary N) is 3. The van der Waals surface area contributed by atoms with E-state index in [0.29, 0.717) is 39.5 Å². The summed E-state index contributed by atoms with van der Waals surface area (Å²) in [6, 6.07) is 11.1. The highest BCUT2D eigenvalue weighted by atomic mass is 32.2. The van der Waals surface area contributed by atoms with Crippen LogP contribution in [0.3, 0.4) is 0 Å². The molecule has 3 aromatic rings. The summed E-state index contributed by atoms with van der Waals surface area (Å²) in [7, 11) is 1.98. The Balaban J connectivity index is 1.49. The van der Waals surface area contributed by atoms with Gasteiger partial charge in [-0.1, -0.05) is 12.0 Å². The molecular weight excluding hydrogens is 583 g/mol.